The fourth-order valence-electron chi connectivity index (χ4n) is 1.89. The molecule has 0 bridgehead atoms. The summed E-state index contributed by atoms with van der Waals surface area (Å²) in [6.07, 6.45) is -5.08. The quantitative estimate of drug-likeness (QED) is 0.828. The molecular formula is C14H17F3N2O3. The fraction of sp³-hybridized carbons (Fsp3) is 0.429. The number of rotatable bonds is 1. The molecule has 0 aromatic heterocycles. The van der Waals surface area contributed by atoms with Crippen LogP contribution in [0.2, 0.25) is 0 Å². The number of amides is 1. The molecule has 2 rings (SSSR count). The lowest BCUT2D eigenvalue weighted by Crippen LogP contribution is -2.52. The van der Waals surface area contributed by atoms with Gasteiger partial charge in [-0.1, -0.05) is 18.2 Å². The van der Waals surface area contributed by atoms with Crippen LogP contribution in [0, 0.1) is 0 Å². The molecule has 1 saturated heterocycles. The average Bonchev–Trinajstić information content (AvgIpc) is 2.47. The molecule has 0 spiro atoms. The highest BCUT2D eigenvalue weighted by Gasteiger charge is 2.38. The maximum atomic E-state index is 12.1. The minimum Gasteiger partial charge on any atom is -0.475 e. The second-order valence-corrected chi connectivity index (χ2v) is 4.72. The molecule has 1 fully saturated rings. The van der Waals surface area contributed by atoms with Gasteiger partial charge in [0.05, 0.1) is 0 Å². The number of carboxylic acid groups (broad SMARTS) is 1. The van der Waals surface area contributed by atoms with Crippen molar-refractivity contribution in [3.05, 3.63) is 35.9 Å². The third-order valence-corrected chi connectivity index (χ3v) is 3.03. The van der Waals surface area contributed by atoms with Crippen LogP contribution in [-0.4, -0.2) is 53.7 Å². The molecule has 0 unspecified atom stereocenters. The molecule has 0 radical (unpaired) electrons. The van der Waals surface area contributed by atoms with Crippen molar-refractivity contribution in [2.75, 3.05) is 19.6 Å². The lowest BCUT2D eigenvalue weighted by Gasteiger charge is -2.34. The zero-order valence-corrected chi connectivity index (χ0v) is 11.9. The summed E-state index contributed by atoms with van der Waals surface area (Å²) in [4.78, 5) is 22.9. The molecule has 1 amide bonds. The van der Waals surface area contributed by atoms with E-state index in [0.29, 0.717) is 0 Å². The summed E-state index contributed by atoms with van der Waals surface area (Å²) in [5, 5.41) is 10.4. The van der Waals surface area contributed by atoms with E-state index in [4.69, 9.17) is 9.90 Å². The first-order chi connectivity index (χ1) is 10.2. The van der Waals surface area contributed by atoms with Gasteiger partial charge in [0.1, 0.15) is 0 Å². The average molecular weight is 318 g/mol. The Bertz CT molecular complexity index is 506. The van der Waals surface area contributed by atoms with Gasteiger partial charge >= 0.3 is 12.1 Å². The van der Waals surface area contributed by atoms with E-state index in [1.165, 1.54) is 0 Å². The largest absolute Gasteiger partial charge is 0.490 e. The number of nitrogens with one attached hydrogen (secondary N) is 1. The van der Waals surface area contributed by atoms with Gasteiger partial charge in [-0.25, -0.2) is 4.79 Å². The Hall–Kier alpha value is -2.09. The fourth-order valence-corrected chi connectivity index (χ4v) is 1.89. The summed E-state index contributed by atoms with van der Waals surface area (Å²) >= 11 is 0. The zero-order chi connectivity index (χ0) is 16.8. The van der Waals surface area contributed by atoms with Crippen LogP contribution in [0.3, 0.4) is 0 Å². The van der Waals surface area contributed by atoms with Crippen LogP contribution in [0.15, 0.2) is 30.3 Å². The van der Waals surface area contributed by atoms with Gasteiger partial charge in [0, 0.05) is 31.2 Å². The molecule has 5 nitrogen and oxygen atoms in total. The topological polar surface area (TPSA) is 69.6 Å². The van der Waals surface area contributed by atoms with Crippen LogP contribution in [0.4, 0.5) is 13.2 Å². The Labute approximate surface area is 125 Å². The molecule has 1 aliphatic rings. The van der Waals surface area contributed by atoms with Crippen LogP contribution in [0.5, 0.6) is 0 Å². The maximum absolute atomic E-state index is 12.1. The molecule has 1 heterocycles. The van der Waals surface area contributed by atoms with Crippen molar-refractivity contribution in [2.24, 2.45) is 0 Å². The third kappa shape index (κ3) is 5.36. The van der Waals surface area contributed by atoms with E-state index >= 15 is 0 Å². The smallest absolute Gasteiger partial charge is 0.475 e. The van der Waals surface area contributed by atoms with Gasteiger partial charge in [-0.05, 0) is 19.1 Å². The number of carbonyl (C=O) groups is 2. The SMILES string of the molecule is C[C@@H]1CNCCN1C(=O)c1ccccc1.O=C(O)C(F)(F)F. The summed E-state index contributed by atoms with van der Waals surface area (Å²) in [7, 11) is 0. The lowest BCUT2D eigenvalue weighted by atomic mass is 10.1. The van der Waals surface area contributed by atoms with Gasteiger partial charge in [-0.15, -0.1) is 0 Å². The molecule has 1 aliphatic heterocycles. The molecule has 122 valence electrons. The van der Waals surface area contributed by atoms with Crippen molar-refractivity contribution in [1.29, 1.82) is 0 Å². The van der Waals surface area contributed by atoms with E-state index < -0.39 is 12.1 Å². The number of benzene rings is 1. The Morgan fingerprint density at radius 3 is 2.27 bits per heavy atom. The summed E-state index contributed by atoms with van der Waals surface area (Å²) in [6.45, 7) is 4.66. The van der Waals surface area contributed by atoms with Gasteiger partial charge in [0.15, 0.2) is 0 Å². The van der Waals surface area contributed by atoms with Crippen LogP contribution < -0.4 is 5.32 Å². The van der Waals surface area contributed by atoms with E-state index in [9.17, 15) is 18.0 Å². The zero-order valence-electron chi connectivity index (χ0n) is 11.9. The summed E-state index contributed by atoms with van der Waals surface area (Å²) in [5.74, 6) is -2.61. The van der Waals surface area contributed by atoms with E-state index in [-0.39, 0.29) is 11.9 Å². The number of aliphatic carboxylic acids is 1. The highest BCUT2D eigenvalue weighted by atomic mass is 19.4. The van der Waals surface area contributed by atoms with Gasteiger partial charge in [-0.3, -0.25) is 4.79 Å². The third-order valence-electron chi connectivity index (χ3n) is 3.03. The number of hydrogen-bond donors (Lipinski definition) is 2. The number of halogens is 3. The van der Waals surface area contributed by atoms with Crippen LogP contribution in [-0.2, 0) is 4.79 Å². The molecule has 22 heavy (non-hydrogen) atoms. The van der Waals surface area contributed by atoms with Crippen molar-refractivity contribution in [1.82, 2.24) is 10.2 Å². The standard InChI is InChI=1S/C12H16N2O.C2HF3O2/c1-10-9-13-7-8-14(10)12(15)11-5-3-2-4-6-11;3-2(4,5)1(6)7/h2-6,10,13H,7-9H2,1H3;(H,6,7)/t10-;/m1./s1. The minimum absolute atomic E-state index is 0.143. The molecule has 2 N–H and O–H groups in total. The van der Waals surface area contributed by atoms with Gasteiger partial charge in [-0.2, -0.15) is 13.2 Å². The van der Waals surface area contributed by atoms with Gasteiger partial charge in [0.25, 0.3) is 5.91 Å². The first kappa shape index (κ1) is 18.0. The Kier molecular flexibility index (Phi) is 6.36. The number of carbonyl (C=O) groups excluding carboxylic acids is 1. The van der Waals surface area contributed by atoms with E-state index in [0.717, 1.165) is 25.2 Å². The molecule has 1 aromatic carbocycles. The monoisotopic (exact) mass is 318 g/mol. The predicted molar refractivity (Wildman–Crippen MR) is 73.5 cm³/mol. The Morgan fingerprint density at radius 1 is 1.27 bits per heavy atom. The predicted octanol–water partition coefficient (Wildman–Crippen LogP) is 1.75. The first-order valence-corrected chi connectivity index (χ1v) is 6.60. The summed E-state index contributed by atoms with van der Waals surface area (Å²) in [6, 6.07) is 9.76. The highest BCUT2D eigenvalue weighted by Crippen LogP contribution is 2.13. The molecule has 0 saturated carbocycles. The first-order valence-electron chi connectivity index (χ1n) is 6.60. The number of piperazine rings is 1. The summed E-state index contributed by atoms with van der Waals surface area (Å²) in [5.41, 5.74) is 0.784. The minimum atomic E-state index is -5.08. The van der Waals surface area contributed by atoms with Crippen molar-refractivity contribution in [2.45, 2.75) is 19.1 Å². The van der Waals surface area contributed by atoms with Crippen LogP contribution >= 0.6 is 0 Å². The van der Waals surface area contributed by atoms with E-state index in [1.54, 1.807) is 0 Å². The van der Waals surface area contributed by atoms with Crippen LogP contribution in [0.1, 0.15) is 17.3 Å². The number of carboxylic acids is 1. The Balaban J connectivity index is 0.000000295. The van der Waals surface area contributed by atoms with Gasteiger partial charge in [0.2, 0.25) is 0 Å². The van der Waals surface area contributed by atoms with Crippen molar-refractivity contribution < 1.29 is 27.9 Å². The van der Waals surface area contributed by atoms with Crippen molar-refractivity contribution in [3.63, 3.8) is 0 Å². The van der Waals surface area contributed by atoms with E-state index in [1.807, 2.05) is 35.2 Å². The number of alkyl halides is 3. The van der Waals surface area contributed by atoms with Crippen molar-refractivity contribution in [3.8, 4) is 0 Å². The van der Waals surface area contributed by atoms with Crippen molar-refractivity contribution >= 4 is 11.9 Å². The Morgan fingerprint density at radius 2 is 1.82 bits per heavy atom. The second kappa shape index (κ2) is 7.79. The molecule has 1 aromatic rings. The number of nitrogens with zero attached hydrogens (tertiary/aromatic N) is 1. The van der Waals surface area contributed by atoms with Gasteiger partial charge < -0.3 is 15.3 Å². The molecule has 8 heteroatoms. The molecule has 1 atom stereocenters. The molecule has 0 aliphatic carbocycles. The lowest BCUT2D eigenvalue weighted by molar-refractivity contribution is -0.192. The second-order valence-electron chi connectivity index (χ2n) is 4.72. The number of hydrogen-bond acceptors (Lipinski definition) is 3. The molecular weight excluding hydrogens is 301 g/mol. The normalized spacial score (nSPS) is 18.2. The summed E-state index contributed by atoms with van der Waals surface area (Å²) < 4.78 is 31.7. The van der Waals surface area contributed by atoms with E-state index in [2.05, 4.69) is 12.2 Å². The highest BCUT2D eigenvalue weighted by molar-refractivity contribution is 5.94. The maximum Gasteiger partial charge on any atom is 0.490 e. The van der Waals surface area contributed by atoms with Crippen LogP contribution in [0.25, 0.3) is 0 Å².